The number of nitrogens with one attached hydrogen (secondary N) is 1. The predicted octanol–water partition coefficient (Wildman–Crippen LogP) is 4.31. The molecule has 4 atom stereocenters. The Hall–Kier alpha value is -1.20. The van der Waals surface area contributed by atoms with Crippen molar-refractivity contribution in [3.8, 4) is 0 Å². The van der Waals surface area contributed by atoms with Crippen LogP contribution in [0.25, 0.3) is 0 Å². The Morgan fingerprint density at radius 2 is 1.62 bits per heavy atom. The van der Waals surface area contributed by atoms with E-state index in [9.17, 15) is 19.8 Å². The van der Waals surface area contributed by atoms with Crippen LogP contribution in [-0.2, 0) is 9.59 Å². The van der Waals surface area contributed by atoms with E-state index >= 15 is 0 Å². The summed E-state index contributed by atoms with van der Waals surface area (Å²) in [5.74, 6) is 0.385. The number of Topliss-reactive ketones (excluding diaryl/α,β-unsaturated/α-hetero) is 1. The van der Waals surface area contributed by atoms with Gasteiger partial charge < -0.3 is 15.5 Å². The number of ketones is 1. The number of hydrogen-bond donors (Lipinski definition) is 3. The third-order valence-corrected chi connectivity index (χ3v) is 6.06. The Labute approximate surface area is 177 Å². The molecule has 1 rings (SSSR count). The van der Waals surface area contributed by atoms with Gasteiger partial charge >= 0.3 is 0 Å². The van der Waals surface area contributed by atoms with Crippen molar-refractivity contribution in [2.24, 2.45) is 11.8 Å². The molecule has 0 aromatic heterocycles. The molecule has 0 aromatic carbocycles. The van der Waals surface area contributed by atoms with E-state index < -0.39 is 12.2 Å². The van der Waals surface area contributed by atoms with E-state index in [1.54, 1.807) is 0 Å². The topological polar surface area (TPSA) is 86.6 Å². The van der Waals surface area contributed by atoms with Crippen molar-refractivity contribution < 1.29 is 19.8 Å². The van der Waals surface area contributed by atoms with Crippen molar-refractivity contribution >= 4 is 11.7 Å². The Balaban J connectivity index is 2.30. The average molecular weight is 410 g/mol. The number of carbonyl (C=O) groups excluding carboxylic acids is 2. The van der Waals surface area contributed by atoms with Crippen molar-refractivity contribution in [1.29, 1.82) is 0 Å². The van der Waals surface area contributed by atoms with Gasteiger partial charge in [-0.3, -0.25) is 9.59 Å². The van der Waals surface area contributed by atoms with Crippen LogP contribution in [0.1, 0.15) is 97.3 Å². The Bertz CT molecular complexity index is 491. The van der Waals surface area contributed by atoms with E-state index in [1.165, 1.54) is 19.3 Å². The zero-order valence-electron chi connectivity index (χ0n) is 18.6. The summed E-state index contributed by atoms with van der Waals surface area (Å²) in [7, 11) is 0. The summed E-state index contributed by atoms with van der Waals surface area (Å²) in [6, 6.07) is 0. The zero-order chi connectivity index (χ0) is 21.5. The van der Waals surface area contributed by atoms with Crippen LogP contribution < -0.4 is 5.32 Å². The molecule has 3 N–H and O–H groups in total. The van der Waals surface area contributed by atoms with Crippen LogP contribution in [0, 0.1) is 11.8 Å². The zero-order valence-corrected chi connectivity index (χ0v) is 18.6. The normalized spacial score (nSPS) is 24.3. The second-order valence-corrected chi connectivity index (χ2v) is 8.49. The van der Waals surface area contributed by atoms with Crippen LogP contribution in [0.15, 0.2) is 12.2 Å². The van der Waals surface area contributed by atoms with Crippen molar-refractivity contribution in [1.82, 2.24) is 5.32 Å². The van der Waals surface area contributed by atoms with Gasteiger partial charge in [0.1, 0.15) is 5.78 Å². The molecule has 5 nitrogen and oxygen atoms in total. The van der Waals surface area contributed by atoms with Crippen molar-refractivity contribution in [2.75, 3.05) is 6.54 Å². The van der Waals surface area contributed by atoms with Crippen LogP contribution in [0.4, 0.5) is 0 Å². The highest BCUT2D eigenvalue weighted by Crippen LogP contribution is 2.38. The number of allylic oxidation sites excluding steroid dienone is 2. The minimum atomic E-state index is -0.515. The first-order chi connectivity index (χ1) is 14.0. The average Bonchev–Trinajstić information content (AvgIpc) is 2.95. The number of rotatable bonds is 16. The first-order valence-electron chi connectivity index (χ1n) is 11.8. The third kappa shape index (κ3) is 10.9. The molecule has 0 radical (unpaired) electrons. The smallest absolute Gasteiger partial charge is 0.219 e. The molecular formula is C24H43NO4. The lowest BCUT2D eigenvalue weighted by Gasteiger charge is -2.22. The fourth-order valence-corrected chi connectivity index (χ4v) is 4.32. The van der Waals surface area contributed by atoms with E-state index in [2.05, 4.69) is 24.4 Å². The maximum absolute atomic E-state index is 12.2. The fourth-order valence-electron chi connectivity index (χ4n) is 4.32. The predicted molar refractivity (Wildman–Crippen MR) is 118 cm³/mol. The van der Waals surface area contributed by atoms with E-state index in [0.29, 0.717) is 38.6 Å². The molecule has 0 unspecified atom stereocenters. The maximum Gasteiger partial charge on any atom is 0.219 e. The minimum Gasteiger partial charge on any atom is -0.393 e. The highest BCUT2D eigenvalue weighted by atomic mass is 16.3. The monoisotopic (exact) mass is 409 g/mol. The number of unbranched alkanes of at least 4 members (excludes halogenated alkanes) is 5. The number of amides is 1. The van der Waals surface area contributed by atoms with E-state index in [4.69, 9.17) is 0 Å². The van der Waals surface area contributed by atoms with Crippen LogP contribution in [-0.4, -0.2) is 40.7 Å². The molecule has 1 aliphatic carbocycles. The van der Waals surface area contributed by atoms with E-state index in [-0.39, 0.29) is 23.5 Å². The summed E-state index contributed by atoms with van der Waals surface area (Å²) in [6.45, 7) is 4.76. The van der Waals surface area contributed by atoms with Gasteiger partial charge in [0.05, 0.1) is 12.2 Å². The Morgan fingerprint density at radius 3 is 2.34 bits per heavy atom. The number of carbonyl (C=O) groups is 2. The lowest BCUT2D eigenvalue weighted by atomic mass is 9.86. The van der Waals surface area contributed by atoms with Gasteiger partial charge in [0.25, 0.3) is 0 Å². The second-order valence-electron chi connectivity index (χ2n) is 8.49. The largest absolute Gasteiger partial charge is 0.393 e. The van der Waals surface area contributed by atoms with Crippen LogP contribution in [0.5, 0.6) is 0 Å². The number of aliphatic hydroxyl groups excluding tert-OH is 2. The highest BCUT2D eigenvalue weighted by molar-refractivity contribution is 5.78. The first-order valence-corrected chi connectivity index (χ1v) is 11.8. The molecule has 168 valence electrons. The molecule has 0 aromatic rings. The fraction of sp³-hybridized carbons (Fsp3) is 0.833. The van der Waals surface area contributed by atoms with Gasteiger partial charge in [-0.05, 0) is 57.3 Å². The quantitative estimate of drug-likeness (QED) is 0.262. The highest BCUT2D eigenvalue weighted by Gasteiger charge is 2.40. The molecule has 5 heteroatoms. The van der Waals surface area contributed by atoms with Crippen LogP contribution in [0.3, 0.4) is 0 Å². The molecule has 0 spiro atoms. The Morgan fingerprint density at radius 1 is 0.897 bits per heavy atom. The molecule has 1 fully saturated rings. The standard InChI is InChI=1S/C24H43NO4/c1-3-5-6-7-10-13-19(26)16-17-21-20(22(27)18-23(21)28)14-11-8-9-12-15-24(29)25-4-2/h8,11,20-23,27-28H,3-7,9-10,12-18H2,1-2H3,(H,25,29)/t20-,21-,22+,23-/m1/s1. The van der Waals surface area contributed by atoms with E-state index in [0.717, 1.165) is 32.1 Å². The van der Waals surface area contributed by atoms with Crippen molar-refractivity contribution in [3.05, 3.63) is 12.2 Å². The first kappa shape index (κ1) is 25.8. The van der Waals surface area contributed by atoms with Gasteiger partial charge in [-0.1, -0.05) is 44.8 Å². The molecule has 1 saturated carbocycles. The number of hydrogen-bond acceptors (Lipinski definition) is 4. The summed E-state index contributed by atoms with van der Waals surface area (Å²) in [6.07, 6.45) is 14.0. The molecule has 29 heavy (non-hydrogen) atoms. The van der Waals surface area contributed by atoms with E-state index in [1.807, 2.05) is 6.92 Å². The summed E-state index contributed by atoms with van der Waals surface area (Å²) >= 11 is 0. The summed E-state index contributed by atoms with van der Waals surface area (Å²) in [5, 5.41) is 23.4. The minimum absolute atomic E-state index is 0.00553. The van der Waals surface area contributed by atoms with Gasteiger partial charge in [0, 0.05) is 25.8 Å². The molecule has 0 bridgehead atoms. The van der Waals surface area contributed by atoms with Crippen molar-refractivity contribution in [2.45, 2.75) is 110 Å². The maximum atomic E-state index is 12.2. The summed E-state index contributed by atoms with van der Waals surface area (Å²) in [4.78, 5) is 23.6. The lowest BCUT2D eigenvalue weighted by molar-refractivity contribution is -0.121. The van der Waals surface area contributed by atoms with Crippen LogP contribution >= 0.6 is 0 Å². The van der Waals surface area contributed by atoms with Gasteiger partial charge in [-0.2, -0.15) is 0 Å². The van der Waals surface area contributed by atoms with Gasteiger partial charge in [-0.15, -0.1) is 0 Å². The third-order valence-electron chi connectivity index (χ3n) is 6.06. The number of aliphatic hydroxyl groups is 2. The summed E-state index contributed by atoms with van der Waals surface area (Å²) < 4.78 is 0. The van der Waals surface area contributed by atoms with Gasteiger partial charge in [0.2, 0.25) is 5.91 Å². The van der Waals surface area contributed by atoms with Gasteiger partial charge in [0.15, 0.2) is 0 Å². The molecule has 0 heterocycles. The SMILES string of the molecule is CCCCCCCC(=O)CC[C@@H]1[C@@H](CC=CCCCC(=O)NCC)[C@@H](O)C[C@H]1O. The Kier molecular flexibility index (Phi) is 13.9. The van der Waals surface area contributed by atoms with Crippen LogP contribution in [0.2, 0.25) is 0 Å². The molecule has 1 amide bonds. The second kappa shape index (κ2) is 15.6. The summed E-state index contributed by atoms with van der Waals surface area (Å²) in [5.41, 5.74) is 0. The molecular weight excluding hydrogens is 366 g/mol. The lowest BCUT2D eigenvalue weighted by Crippen LogP contribution is -2.22. The van der Waals surface area contributed by atoms with Gasteiger partial charge in [-0.25, -0.2) is 0 Å². The van der Waals surface area contributed by atoms with Crippen molar-refractivity contribution in [3.63, 3.8) is 0 Å². The molecule has 1 aliphatic rings. The molecule has 0 aliphatic heterocycles. The molecule has 0 saturated heterocycles.